The fourth-order valence-electron chi connectivity index (χ4n) is 2.93. The molecule has 0 aliphatic carbocycles. The summed E-state index contributed by atoms with van der Waals surface area (Å²) < 4.78 is 0. The minimum Gasteiger partial charge on any atom is -0.506 e. The average Bonchev–Trinajstić information content (AvgIpc) is 3.03. The van der Waals surface area contributed by atoms with Gasteiger partial charge in [-0.25, -0.2) is 9.98 Å². The standard InChI is InChI=1S/C21H16ClN3O2S/c1-2-12-6-5-7-13-10-14(19(22)24-18(12)13)11-17-20(27)25-21(28-17)23-15-8-3-4-9-16(15)26/h3-11,26H,2H2,1H3,(H,23,25,27)/b17-11-. The molecular formula is C21H16ClN3O2S. The van der Waals surface area contributed by atoms with Crippen molar-refractivity contribution in [2.75, 3.05) is 0 Å². The molecule has 4 rings (SSSR count). The van der Waals surface area contributed by atoms with Crippen LogP contribution in [0.15, 0.2) is 58.4 Å². The molecule has 2 aromatic carbocycles. The summed E-state index contributed by atoms with van der Waals surface area (Å²) in [6.45, 7) is 2.07. The predicted molar refractivity (Wildman–Crippen MR) is 115 cm³/mol. The third-order valence-electron chi connectivity index (χ3n) is 4.33. The van der Waals surface area contributed by atoms with Gasteiger partial charge in [-0.05, 0) is 48.0 Å². The minimum absolute atomic E-state index is 0.0516. The van der Waals surface area contributed by atoms with Gasteiger partial charge in [0.1, 0.15) is 16.6 Å². The number of carbonyl (C=O) groups excluding carboxylic acids is 1. The minimum atomic E-state index is -0.266. The van der Waals surface area contributed by atoms with Crippen molar-refractivity contribution in [3.8, 4) is 5.75 Å². The fourth-order valence-corrected chi connectivity index (χ4v) is 3.95. The molecule has 1 fully saturated rings. The first kappa shape index (κ1) is 18.5. The van der Waals surface area contributed by atoms with Crippen LogP contribution in [0.3, 0.4) is 0 Å². The van der Waals surface area contributed by atoms with Gasteiger partial charge in [0.05, 0.1) is 10.4 Å². The van der Waals surface area contributed by atoms with Gasteiger partial charge < -0.3 is 10.4 Å². The first-order valence-corrected chi connectivity index (χ1v) is 9.90. The summed E-state index contributed by atoms with van der Waals surface area (Å²) in [6.07, 6.45) is 2.58. The van der Waals surface area contributed by atoms with E-state index in [0.29, 0.717) is 26.5 Å². The Bertz CT molecular complexity index is 1160. The second-order valence-corrected chi connectivity index (χ2v) is 7.57. The summed E-state index contributed by atoms with van der Waals surface area (Å²) in [6, 6.07) is 14.6. The molecule has 0 bridgehead atoms. The Hall–Kier alpha value is -2.83. The lowest BCUT2D eigenvalue weighted by Gasteiger charge is -2.06. The number of amidine groups is 1. The highest BCUT2D eigenvalue weighted by Gasteiger charge is 2.24. The lowest BCUT2D eigenvalue weighted by atomic mass is 10.1. The number of para-hydroxylation sites is 3. The molecule has 0 saturated carbocycles. The zero-order valence-corrected chi connectivity index (χ0v) is 16.5. The van der Waals surface area contributed by atoms with Crippen LogP contribution < -0.4 is 5.32 Å². The van der Waals surface area contributed by atoms with Crippen LogP contribution in [0, 0.1) is 0 Å². The number of carbonyl (C=O) groups is 1. The van der Waals surface area contributed by atoms with E-state index in [-0.39, 0.29) is 11.7 Å². The number of phenolic OH excluding ortho intramolecular Hbond substituents is 1. The zero-order chi connectivity index (χ0) is 19.7. The number of thioether (sulfide) groups is 1. The number of amides is 1. The van der Waals surface area contributed by atoms with E-state index in [1.807, 2.05) is 24.3 Å². The van der Waals surface area contributed by atoms with Crippen LogP contribution in [-0.2, 0) is 11.2 Å². The number of aromatic nitrogens is 1. The number of aromatic hydroxyl groups is 1. The molecule has 140 valence electrons. The number of hydrogen-bond donors (Lipinski definition) is 2. The molecule has 28 heavy (non-hydrogen) atoms. The Balaban J connectivity index is 1.69. The molecule has 0 atom stereocenters. The van der Waals surface area contributed by atoms with Gasteiger partial charge in [0.25, 0.3) is 5.91 Å². The highest BCUT2D eigenvalue weighted by atomic mass is 35.5. The van der Waals surface area contributed by atoms with E-state index in [2.05, 4.69) is 22.2 Å². The summed E-state index contributed by atoms with van der Waals surface area (Å²) in [5.74, 6) is -0.214. The van der Waals surface area contributed by atoms with Gasteiger partial charge in [-0.2, -0.15) is 0 Å². The number of rotatable bonds is 3. The van der Waals surface area contributed by atoms with Crippen molar-refractivity contribution in [2.45, 2.75) is 13.3 Å². The number of nitrogens with one attached hydrogen (secondary N) is 1. The number of fused-ring (bicyclic) bond motifs is 1. The fraction of sp³-hybridized carbons (Fsp3) is 0.0952. The molecule has 0 unspecified atom stereocenters. The van der Waals surface area contributed by atoms with Gasteiger partial charge in [-0.3, -0.25) is 4.79 Å². The van der Waals surface area contributed by atoms with Crippen LogP contribution in [0.5, 0.6) is 5.75 Å². The maximum Gasteiger partial charge on any atom is 0.264 e. The summed E-state index contributed by atoms with van der Waals surface area (Å²) in [7, 11) is 0. The molecular weight excluding hydrogens is 394 g/mol. The van der Waals surface area contributed by atoms with E-state index < -0.39 is 0 Å². The van der Waals surface area contributed by atoms with E-state index in [0.717, 1.165) is 22.9 Å². The molecule has 1 aliphatic heterocycles. The second kappa shape index (κ2) is 7.66. The molecule has 3 aromatic rings. The number of phenols is 1. The highest BCUT2D eigenvalue weighted by molar-refractivity contribution is 8.18. The molecule has 1 aromatic heterocycles. The van der Waals surface area contributed by atoms with Crippen LogP contribution in [0.25, 0.3) is 17.0 Å². The van der Waals surface area contributed by atoms with Gasteiger partial charge in [0, 0.05) is 10.9 Å². The lowest BCUT2D eigenvalue weighted by molar-refractivity contribution is -0.115. The van der Waals surface area contributed by atoms with Crippen molar-refractivity contribution in [1.29, 1.82) is 0 Å². The summed E-state index contributed by atoms with van der Waals surface area (Å²) >= 11 is 7.58. The Kier molecular flexibility index (Phi) is 5.07. The molecule has 0 spiro atoms. The number of benzene rings is 2. The van der Waals surface area contributed by atoms with Gasteiger partial charge in [-0.1, -0.05) is 48.9 Å². The molecule has 1 amide bonds. The van der Waals surface area contributed by atoms with Crippen molar-refractivity contribution < 1.29 is 9.90 Å². The first-order valence-electron chi connectivity index (χ1n) is 8.71. The Morgan fingerprint density at radius 3 is 2.86 bits per heavy atom. The third-order valence-corrected chi connectivity index (χ3v) is 5.54. The normalized spacial score (nSPS) is 16.9. The van der Waals surface area contributed by atoms with Gasteiger partial charge >= 0.3 is 0 Å². The second-order valence-electron chi connectivity index (χ2n) is 6.18. The predicted octanol–water partition coefficient (Wildman–Crippen LogP) is 5.05. The zero-order valence-electron chi connectivity index (χ0n) is 14.9. The third kappa shape index (κ3) is 3.61. The van der Waals surface area contributed by atoms with Crippen molar-refractivity contribution in [3.05, 3.63) is 69.7 Å². The summed E-state index contributed by atoms with van der Waals surface area (Å²) in [4.78, 5) is 21.6. The number of hydrogen-bond acceptors (Lipinski definition) is 5. The largest absolute Gasteiger partial charge is 0.506 e. The van der Waals surface area contributed by atoms with Gasteiger partial charge in [0.15, 0.2) is 5.17 Å². The number of halogens is 1. The molecule has 2 heterocycles. The van der Waals surface area contributed by atoms with Crippen molar-refractivity contribution >= 4 is 57.1 Å². The first-order chi connectivity index (χ1) is 13.5. The van der Waals surface area contributed by atoms with E-state index in [1.165, 1.54) is 11.8 Å². The molecule has 2 N–H and O–H groups in total. The molecule has 1 saturated heterocycles. The SMILES string of the molecule is CCc1cccc2cc(/C=C3\SC(=Nc4ccccc4O)NC3=O)c(Cl)nc12. The van der Waals surface area contributed by atoms with E-state index in [1.54, 1.807) is 30.3 Å². The smallest absolute Gasteiger partial charge is 0.264 e. The molecule has 0 radical (unpaired) electrons. The molecule has 5 nitrogen and oxygen atoms in total. The Morgan fingerprint density at radius 2 is 2.07 bits per heavy atom. The van der Waals surface area contributed by atoms with Crippen LogP contribution in [0.4, 0.5) is 5.69 Å². The van der Waals surface area contributed by atoms with E-state index in [9.17, 15) is 9.90 Å². The van der Waals surface area contributed by atoms with Crippen molar-refractivity contribution in [1.82, 2.24) is 10.3 Å². The van der Waals surface area contributed by atoms with Gasteiger partial charge in [-0.15, -0.1) is 0 Å². The monoisotopic (exact) mass is 409 g/mol. The van der Waals surface area contributed by atoms with E-state index in [4.69, 9.17) is 11.6 Å². The van der Waals surface area contributed by atoms with Crippen LogP contribution in [0.1, 0.15) is 18.1 Å². The quantitative estimate of drug-likeness (QED) is 0.469. The topological polar surface area (TPSA) is 74.6 Å². The number of pyridine rings is 1. The van der Waals surface area contributed by atoms with Crippen LogP contribution in [-0.4, -0.2) is 21.2 Å². The Morgan fingerprint density at radius 1 is 1.25 bits per heavy atom. The van der Waals surface area contributed by atoms with Gasteiger partial charge in [0.2, 0.25) is 0 Å². The molecule has 7 heteroatoms. The molecule has 1 aliphatic rings. The van der Waals surface area contributed by atoms with Crippen LogP contribution >= 0.6 is 23.4 Å². The van der Waals surface area contributed by atoms with Crippen molar-refractivity contribution in [2.24, 2.45) is 4.99 Å². The summed E-state index contributed by atoms with van der Waals surface area (Å²) in [5, 5.41) is 14.3. The van der Waals surface area contributed by atoms with Crippen LogP contribution in [0.2, 0.25) is 5.15 Å². The number of aliphatic imine (C=N–C) groups is 1. The average molecular weight is 410 g/mol. The lowest BCUT2D eigenvalue weighted by Crippen LogP contribution is -2.19. The Labute approximate surface area is 171 Å². The maximum atomic E-state index is 12.3. The maximum absolute atomic E-state index is 12.3. The van der Waals surface area contributed by atoms with Crippen molar-refractivity contribution in [3.63, 3.8) is 0 Å². The van der Waals surface area contributed by atoms with E-state index >= 15 is 0 Å². The number of aryl methyl sites for hydroxylation is 1. The highest BCUT2D eigenvalue weighted by Crippen LogP contribution is 2.33. The summed E-state index contributed by atoms with van der Waals surface area (Å²) in [5.41, 5.74) is 3.07. The number of nitrogens with zero attached hydrogens (tertiary/aromatic N) is 2.